The molecule has 17 heavy (non-hydrogen) atoms. The minimum absolute atomic E-state index is 0.322. The zero-order valence-electron chi connectivity index (χ0n) is 10.1. The van der Waals surface area contributed by atoms with Gasteiger partial charge in [-0.25, -0.2) is 4.79 Å². The molecule has 0 atom stereocenters. The average Bonchev–Trinajstić information content (AvgIpc) is 2.39. The minimum Gasteiger partial charge on any atom is -0.466 e. The number of ether oxygens (including phenoxy) is 1. The van der Waals surface area contributed by atoms with Crippen molar-refractivity contribution in [3.05, 3.63) is 66.3 Å². The van der Waals surface area contributed by atoms with E-state index >= 15 is 0 Å². The molecule has 0 unspecified atom stereocenters. The number of rotatable bonds is 4. The Balaban J connectivity index is 3.26. The van der Waals surface area contributed by atoms with E-state index in [2.05, 4.69) is 6.58 Å². The van der Waals surface area contributed by atoms with Crippen LogP contribution in [0.4, 0.5) is 0 Å². The number of esters is 1. The van der Waals surface area contributed by atoms with Gasteiger partial charge in [-0.05, 0) is 18.1 Å². The van der Waals surface area contributed by atoms with Gasteiger partial charge in [0.1, 0.15) is 0 Å². The quantitative estimate of drug-likeness (QED) is 0.448. The molecule has 88 valence electrons. The van der Waals surface area contributed by atoms with E-state index in [1.807, 2.05) is 36.4 Å². The van der Waals surface area contributed by atoms with Crippen LogP contribution in [0.1, 0.15) is 12.5 Å². The molecule has 0 saturated carbocycles. The van der Waals surface area contributed by atoms with Gasteiger partial charge in [0.25, 0.3) is 0 Å². The summed E-state index contributed by atoms with van der Waals surface area (Å²) in [6, 6.07) is 9.71. The van der Waals surface area contributed by atoms with Crippen molar-refractivity contribution in [1.82, 2.24) is 0 Å². The van der Waals surface area contributed by atoms with Crippen molar-refractivity contribution in [2.75, 3.05) is 7.11 Å². The summed E-state index contributed by atoms with van der Waals surface area (Å²) in [4.78, 5) is 11.5. The topological polar surface area (TPSA) is 26.3 Å². The van der Waals surface area contributed by atoms with Gasteiger partial charge >= 0.3 is 5.97 Å². The number of hydrogen-bond donors (Lipinski definition) is 0. The lowest BCUT2D eigenvalue weighted by Crippen LogP contribution is -2.04. The monoisotopic (exact) mass is 228 g/mol. The predicted molar refractivity (Wildman–Crippen MR) is 70.4 cm³/mol. The fraction of sp³-hybridized carbons (Fsp3) is 0.133. The van der Waals surface area contributed by atoms with Gasteiger partial charge in [0.2, 0.25) is 0 Å². The van der Waals surface area contributed by atoms with Crippen molar-refractivity contribution in [2.45, 2.75) is 6.92 Å². The lowest BCUT2D eigenvalue weighted by molar-refractivity contribution is -0.135. The largest absolute Gasteiger partial charge is 0.466 e. The average molecular weight is 228 g/mol. The van der Waals surface area contributed by atoms with E-state index < -0.39 is 0 Å². The van der Waals surface area contributed by atoms with Crippen molar-refractivity contribution in [3.63, 3.8) is 0 Å². The van der Waals surface area contributed by atoms with Crippen LogP contribution < -0.4 is 0 Å². The van der Waals surface area contributed by atoms with Gasteiger partial charge in [-0.15, -0.1) is 0 Å². The van der Waals surface area contributed by atoms with Crippen LogP contribution in [0.15, 0.2) is 60.7 Å². The lowest BCUT2D eigenvalue weighted by atomic mass is 10.0. The van der Waals surface area contributed by atoms with E-state index in [-0.39, 0.29) is 5.97 Å². The molecular weight excluding hydrogens is 212 g/mol. The van der Waals surface area contributed by atoms with Crippen LogP contribution in [-0.2, 0) is 9.53 Å². The van der Waals surface area contributed by atoms with Crippen molar-refractivity contribution < 1.29 is 9.53 Å². The first kappa shape index (κ1) is 13.0. The molecule has 0 spiro atoms. The SMILES string of the molecule is C=CC=CC(=C(C)C(=O)OC)c1ccccc1. The fourth-order valence-corrected chi connectivity index (χ4v) is 1.48. The second-order valence-electron chi connectivity index (χ2n) is 3.49. The summed E-state index contributed by atoms with van der Waals surface area (Å²) in [5.41, 5.74) is 2.41. The van der Waals surface area contributed by atoms with Gasteiger partial charge < -0.3 is 4.74 Å². The smallest absolute Gasteiger partial charge is 0.334 e. The van der Waals surface area contributed by atoms with E-state index in [9.17, 15) is 4.79 Å². The number of carbonyl (C=O) groups is 1. The van der Waals surface area contributed by atoms with Crippen molar-refractivity contribution in [3.8, 4) is 0 Å². The van der Waals surface area contributed by atoms with Crippen LogP contribution in [0.3, 0.4) is 0 Å². The molecule has 0 bridgehead atoms. The summed E-state index contributed by atoms with van der Waals surface area (Å²) in [6.45, 7) is 5.38. The molecule has 1 aromatic carbocycles. The van der Waals surface area contributed by atoms with Crippen molar-refractivity contribution >= 4 is 11.5 Å². The van der Waals surface area contributed by atoms with Crippen molar-refractivity contribution in [1.29, 1.82) is 0 Å². The summed E-state index contributed by atoms with van der Waals surface area (Å²) in [7, 11) is 1.38. The standard InChI is InChI=1S/C15H16O2/c1-4-5-11-14(12(2)15(16)17-3)13-9-7-6-8-10-13/h4-11H,1H2,2-3H3. The van der Waals surface area contributed by atoms with E-state index in [0.29, 0.717) is 5.57 Å². The Labute approximate surface area is 102 Å². The molecule has 0 aromatic heterocycles. The summed E-state index contributed by atoms with van der Waals surface area (Å²) in [5.74, 6) is -0.322. The van der Waals surface area contributed by atoms with Gasteiger partial charge in [0.05, 0.1) is 7.11 Å². The Kier molecular flexibility index (Phi) is 4.95. The van der Waals surface area contributed by atoms with Crippen LogP contribution in [0.2, 0.25) is 0 Å². The van der Waals surface area contributed by atoms with Crippen LogP contribution in [0.25, 0.3) is 5.57 Å². The molecule has 0 aliphatic heterocycles. The zero-order valence-corrected chi connectivity index (χ0v) is 10.1. The molecule has 2 heteroatoms. The summed E-state index contributed by atoms with van der Waals surface area (Å²) >= 11 is 0. The Morgan fingerprint density at radius 1 is 1.29 bits per heavy atom. The maximum atomic E-state index is 11.5. The Bertz CT molecular complexity index is 453. The van der Waals surface area contributed by atoms with Gasteiger partial charge in [-0.2, -0.15) is 0 Å². The number of allylic oxidation sites excluding steroid dienone is 4. The second-order valence-corrected chi connectivity index (χ2v) is 3.49. The highest BCUT2D eigenvalue weighted by molar-refractivity contribution is 5.99. The molecule has 0 aliphatic rings. The molecule has 0 N–H and O–H groups in total. The first-order chi connectivity index (χ1) is 8.20. The number of hydrogen-bond acceptors (Lipinski definition) is 2. The highest BCUT2D eigenvalue weighted by Gasteiger charge is 2.10. The van der Waals surface area contributed by atoms with Gasteiger partial charge in [0, 0.05) is 5.57 Å². The number of carbonyl (C=O) groups excluding carboxylic acids is 1. The summed E-state index contributed by atoms with van der Waals surface area (Å²) < 4.78 is 4.74. The molecule has 1 rings (SSSR count). The fourth-order valence-electron chi connectivity index (χ4n) is 1.48. The Hall–Kier alpha value is -2.09. The number of methoxy groups -OCH3 is 1. The third-order valence-corrected chi connectivity index (χ3v) is 2.38. The van der Waals surface area contributed by atoms with Gasteiger partial charge in [-0.1, -0.05) is 55.1 Å². The minimum atomic E-state index is -0.322. The molecule has 1 aromatic rings. The van der Waals surface area contributed by atoms with E-state index in [0.717, 1.165) is 11.1 Å². The summed E-state index contributed by atoms with van der Waals surface area (Å²) in [6.07, 6.45) is 5.33. The third-order valence-electron chi connectivity index (χ3n) is 2.38. The first-order valence-electron chi connectivity index (χ1n) is 5.34. The normalized spacial score (nSPS) is 12.1. The van der Waals surface area contributed by atoms with Crippen molar-refractivity contribution in [2.24, 2.45) is 0 Å². The lowest BCUT2D eigenvalue weighted by Gasteiger charge is -2.07. The van der Waals surface area contributed by atoms with Crippen LogP contribution in [0.5, 0.6) is 0 Å². The van der Waals surface area contributed by atoms with Crippen LogP contribution in [0, 0.1) is 0 Å². The van der Waals surface area contributed by atoms with Gasteiger partial charge in [0.15, 0.2) is 0 Å². The molecule has 0 radical (unpaired) electrons. The number of benzene rings is 1. The van der Waals surface area contributed by atoms with Crippen LogP contribution in [-0.4, -0.2) is 13.1 Å². The predicted octanol–water partition coefficient (Wildman–Crippen LogP) is 3.38. The highest BCUT2D eigenvalue weighted by Crippen LogP contribution is 2.20. The third kappa shape index (κ3) is 3.45. The molecule has 0 amide bonds. The molecule has 0 fully saturated rings. The Morgan fingerprint density at radius 3 is 2.47 bits per heavy atom. The van der Waals surface area contributed by atoms with Gasteiger partial charge in [-0.3, -0.25) is 0 Å². The Morgan fingerprint density at radius 2 is 1.94 bits per heavy atom. The van der Waals surface area contributed by atoms with E-state index in [1.165, 1.54) is 7.11 Å². The first-order valence-corrected chi connectivity index (χ1v) is 5.34. The second kappa shape index (κ2) is 6.48. The molecule has 0 heterocycles. The molecular formula is C15H16O2. The summed E-state index contributed by atoms with van der Waals surface area (Å²) in [5, 5.41) is 0. The molecule has 2 nitrogen and oxygen atoms in total. The highest BCUT2D eigenvalue weighted by atomic mass is 16.5. The molecule has 0 aliphatic carbocycles. The zero-order chi connectivity index (χ0) is 12.7. The maximum Gasteiger partial charge on any atom is 0.334 e. The van der Waals surface area contributed by atoms with E-state index in [1.54, 1.807) is 19.1 Å². The van der Waals surface area contributed by atoms with E-state index in [4.69, 9.17) is 4.74 Å². The van der Waals surface area contributed by atoms with Crippen LogP contribution >= 0.6 is 0 Å². The maximum absolute atomic E-state index is 11.5. The molecule has 0 saturated heterocycles.